The third-order valence-electron chi connectivity index (χ3n) is 13.5. The van der Waals surface area contributed by atoms with Crippen LogP contribution in [0.25, 0.3) is 0 Å². The Morgan fingerprint density at radius 1 is 0.936 bits per heavy atom. The number of rotatable bonds is 16. The van der Waals surface area contributed by atoms with Crippen molar-refractivity contribution in [2.75, 3.05) is 33.3 Å². The molecule has 47 heavy (non-hydrogen) atoms. The Hall–Kier alpha value is -2.16. The molecule has 4 fully saturated rings. The second kappa shape index (κ2) is 16.5. The topological polar surface area (TPSA) is 126 Å². The zero-order valence-electron chi connectivity index (χ0n) is 29.5. The number of nitrogens with one attached hydrogen (secondary N) is 3. The van der Waals surface area contributed by atoms with E-state index in [9.17, 15) is 14.7 Å². The van der Waals surface area contributed by atoms with Crippen LogP contribution in [0.4, 0.5) is 0 Å². The highest BCUT2D eigenvalue weighted by Gasteiger charge is 2.59. The van der Waals surface area contributed by atoms with E-state index in [1.807, 2.05) is 0 Å². The Morgan fingerprint density at radius 2 is 1.68 bits per heavy atom. The lowest BCUT2D eigenvalue weighted by Crippen LogP contribution is -2.55. The molecule has 4 saturated carbocycles. The largest absolute Gasteiger partial charge is 0.508 e. The van der Waals surface area contributed by atoms with Crippen molar-refractivity contribution in [3.63, 3.8) is 0 Å². The van der Waals surface area contributed by atoms with Crippen molar-refractivity contribution in [2.45, 2.75) is 122 Å². The zero-order chi connectivity index (χ0) is 33.4. The van der Waals surface area contributed by atoms with Crippen molar-refractivity contribution < 1.29 is 19.4 Å². The summed E-state index contributed by atoms with van der Waals surface area (Å²) in [5, 5.41) is 19.9. The van der Waals surface area contributed by atoms with Crippen LogP contribution in [-0.4, -0.2) is 62.4 Å². The van der Waals surface area contributed by atoms with Crippen LogP contribution in [0.5, 0.6) is 5.75 Å². The first-order valence-corrected chi connectivity index (χ1v) is 19.0. The van der Waals surface area contributed by atoms with Gasteiger partial charge in [0, 0.05) is 18.9 Å². The van der Waals surface area contributed by atoms with Gasteiger partial charge in [0.2, 0.25) is 5.91 Å². The fraction of sp³-hybridized carbons (Fsp3) is 0.795. The number of esters is 1. The maximum absolute atomic E-state index is 13.0. The van der Waals surface area contributed by atoms with E-state index in [1.54, 1.807) is 24.3 Å². The van der Waals surface area contributed by atoms with Crippen molar-refractivity contribution in [1.29, 1.82) is 0 Å². The molecule has 4 aliphatic carbocycles. The van der Waals surface area contributed by atoms with Gasteiger partial charge < -0.3 is 31.5 Å². The van der Waals surface area contributed by atoms with Crippen LogP contribution in [0.2, 0.25) is 0 Å². The van der Waals surface area contributed by atoms with Gasteiger partial charge in [-0.25, -0.2) is 4.79 Å². The molecule has 0 saturated heterocycles. The first-order chi connectivity index (χ1) is 22.7. The lowest BCUT2D eigenvalue weighted by Gasteiger charge is -2.61. The molecule has 9 unspecified atom stereocenters. The van der Waals surface area contributed by atoms with E-state index in [4.69, 9.17) is 10.5 Å². The molecule has 8 heteroatoms. The van der Waals surface area contributed by atoms with Gasteiger partial charge >= 0.3 is 5.97 Å². The third-order valence-corrected chi connectivity index (χ3v) is 13.5. The molecule has 6 N–H and O–H groups in total. The van der Waals surface area contributed by atoms with E-state index in [0.29, 0.717) is 35.6 Å². The van der Waals surface area contributed by atoms with Crippen LogP contribution in [0.3, 0.4) is 0 Å². The van der Waals surface area contributed by atoms with Crippen LogP contribution in [0.1, 0.15) is 109 Å². The average molecular weight is 653 g/mol. The summed E-state index contributed by atoms with van der Waals surface area (Å²) in [6.45, 7) is 9.26. The quantitative estimate of drug-likeness (QED) is 0.114. The molecule has 1 aromatic carbocycles. The van der Waals surface area contributed by atoms with Crippen LogP contribution in [0.15, 0.2) is 24.3 Å². The summed E-state index contributed by atoms with van der Waals surface area (Å²) >= 11 is 0. The molecule has 8 nitrogen and oxygen atoms in total. The molecule has 0 aliphatic heterocycles. The van der Waals surface area contributed by atoms with Crippen molar-refractivity contribution in [3.05, 3.63) is 29.8 Å². The van der Waals surface area contributed by atoms with Crippen molar-refractivity contribution in [3.8, 4) is 5.75 Å². The fourth-order valence-corrected chi connectivity index (χ4v) is 10.9. The van der Waals surface area contributed by atoms with Gasteiger partial charge in [0.25, 0.3) is 0 Å². The van der Waals surface area contributed by atoms with Crippen LogP contribution < -0.4 is 21.7 Å². The first kappa shape index (κ1) is 36.1. The number of carbonyl (C=O) groups is 2. The van der Waals surface area contributed by atoms with E-state index in [2.05, 4.69) is 29.8 Å². The Bertz CT molecular complexity index is 1160. The van der Waals surface area contributed by atoms with E-state index >= 15 is 0 Å². The molecule has 0 aromatic heterocycles. The van der Waals surface area contributed by atoms with Crippen LogP contribution >= 0.6 is 0 Å². The standard InChI is InChI=1S/C39H64N4O4/c1-38-20-18-34-32(15-11-29-26-30(17-19-39(29,34)2)42-24-6-23-41-22-5-21-40)33(38)16-12-28(38)7-4-8-36(45)43-35(37(46)47-3)25-27-9-13-31(44)14-10-27/h9-10,13-14,28-30,32-35,41-42,44H,4-8,11-12,15-26,40H2,1-3H3,(H,43,45). The van der Waals surface area contributed by atoms with Gasteiger partial charge in [-0.05, 0) is 168 Å². The van der Waals surface area contributed by atoms with E-state index in [1.165, 1.54) is 71.3 Å². The molecule has 1 aromatic rings. The summed E-state index contributed by atoms with van der Waals surface area (Å²) in [5.74, 6) is 3.77. The molecule has 0 heterocycles. The molecule has 4 aliphatic rings. The number of hydrogen-bond donors (Lipinski definition) is 5. The monoisotopic (exact) mass is 652 g/mol. The molecule has 264 valence electrons. The summed E-state index contributed by atoms with van der Waals surface area (Å²) in [7, 11) is 1.35. The molecule has 0 spiro atoms. The number of nitrogens with two attached hydrogens (primary N) is 1. The predicted octanol–water partition coefficient (Wildman–Crippen LogP) is 5.71. The Morgan fingerprint density at radius 3 is 2.45 bits per heavy atom. The zero-order valence-corrected chi connectivity index (χ0v) is 29.5. The fourth-order valence-electron chi connectivity index (χ4n) is 10.9. The number of ether oxygens (including phenoxy) is 1. The number of amides is 1. The summed E-state index contributed by atoms with van der Waals surface area (Å²) < 4.78 is 4.98. The summed E-state index contributed by atoms with van der Waals surface area (Å²) in [6.07, 6.45) is 17.2. The normalized spacial score (nSPS) is 33.7. The van der Waals surface area contributed by atoms with Crippen molar-refractivity contribution >= 4 is 11.9 Å². The third kappa shape index (κ3) is 8.53. The minimum atomic E-state index is -0.725. The van der Waals surface area contributed by atoms with Gasteiger partial charge in [0.15, 0.2) is 0 Å². The predicted molar refractivity (Wildman–Crippen MR) is 188 cm³/mol. The molecular formula is C39H64N4O4. The molecule has 9 atom stereocenters. The van der Waals surface area contributed by atoms with E-state index in [0.717, 1.165) is 74.7 Å². The van der Waals surface area contributed by atoms with Crippen LogP contribution in [0, 0.1) is 40.4 Å². The lowest BCUT2D eigenvalue weighted by atomic mass is 9.44. The number of phenols is 1. The van der Waals surface area contributed by atoms with Crippen LogP contribution in [-0.2, 0) is 20.7 Å². The molecule has 0 radical (unpaired) electrons. The van der Waals surface area contributed by atoms with E-state index < -0.39 is 12.0 Å². The SMILES string of the molecule is COC(=O)C(Cc1ccc(O)cc1)NC(=O)CCCC1CCC2C3CCC4CC(NCCCNCCCN)CCC4(C)C3CCC12C. The Kier molecular flexibility index (Phi) is 12.7. The van der Waals surface area contributed by atoms with Crippen molar-refractivity contribution in [1.82, 2.24) is 16.0 Å². The molecule has 1 amide bonds. The van der Waals surface area contributed by atoms with Crippen molar-refractivity contribution in [2.24, 2.45) is 46.2 Å². The highest BCUT2D eigenvalue weighted by Crippen LogP contribution is 2.67. The summed E-state index contributed by atoms with van der Waals surface area (Å²) in [4.78, 5) is 25.4. The summed E-state index contributed by atoms with van der Waals surface area (Å²) in [5.41, 5.74) is 7.36. The van der Waals surface area contributed by atoms with Gasteiger partial charge in [-0.3, -0.25) is 4.79 Å². The van der Waals surface area contributed by atoms with E-state index in [-0.39, 0.29) is 11.7 Å². The number of aromatic hydroxyl groups is 1. The molecule has 5 rings (SSSR count). The van der Waals surface area contributed by atoms with Gasteiger partial charge in [-0.15, -0.1) is 0 Å². The van der Waals surface area contributed by atoms with Gasteiger partial charge in [-0.1, -0.05) is 26.0 Å². The highest BCUT2D eigenvalue weighted by atomic mass is 16.5. The number of methoxy groups -OCH3 is 1. The number of carbonyl (C=O) groups excluding carboxylic acids is 2. The smallest absolute Gasteiger partial charge is 0.328 e. The number of hydrogen-bond acceptors (Lipinski definition) is 7. The van der Waals surface area contributed by atoms with Gasteiger partial charge in [-0.2, -0.15) is 0 Å². The minimum absolute atomic E-state index is 0.0851. The number of fused-ring (bicyclic) bond motifs is 5. The number of phenolic OH excluding ortho intramolecular Hbond substituents is 1. The molecular weight excluding hydrogens is 588 g/mol. The maximum Gasteiger partial charge on any atom is 0.328 e. The Balaban J connectivity index is 1.08. The highest BCUT2D eigenvalue weighted by molar-refractivity contribution is 5.84. The van der Waals surface area contributed by atoms with Gasteiger partial charge in [0.1, 0.15) is 11.8 Å². The average Bonchev–Trinajstić information content (AvgIpc) is 3.40. The summed E-state index contributed by atoms with van der Waals surface area (Å²) in [6, 6.07) is 6.69. The minimum Gasteiger partial charge on any atom is -0.508 e. The Labute approximate surface area is 284 Å². The second-order valence-corrected chi connectivity index (χ2v) is 16.1. The number of benzene rings is 1. The maximum atomic E-state index is 13.0. The molecule has 0 bridgehead atoms. The second-order valence-electron chi connectivity index (χ2n) is 16.1. The lowest BCUT2D eigenvalue weighted by molar-refractivity contribution is -0.145. The van der Waals surface area contributed by atoms with Gasteiger partial charge in [0.05, 0.1) is 7.11 Å². The first-order valence-electron chi connectivity index (χ1n) is 19.0.